The highest BCUT2D eigenvalue weighted by atomic mass is 32.1. The molecule has 0 fully saturated rings. The van der Waals surface area contributed by atoms with Crippen LogP contribution >= 0.6 is 11.3 Å². The van der Waals surface area contributed by atoms with Gasteiger partial charge in [-0.2, -0.15) is 0 Å². The monoisotopic (exact) mass is 330 g/mol. The van der Waals surface area contributed by atoms with Crippen molar-refractivity contribution >= 4 is 17.2 Å². The Bertz CT molecular complexity index is 784. The maximum atomic E-state index is 13.1. The molecule has 1 N–H and O–H groups in total. The lowest BCUT2D eigenvalue weighted by atomic mass is 10.1. The van der Waals surface area contributed by atoms with Crippen LogP contribution in [0.2, 0.25) is 0 Å². The Morgan fingerprint density at radius 1 is 1.30 bits per heavy atom. The lowest BCUT2D eigenvalue weighted by Gasteiger charge is -2.03. The lowest BCUT2D eigenvalue weighted by Crippen LogP contribution is -2.23. The van der Waals surface area contributed by atoms with Gasteiger partial charge in [0.05, 0.1) is 17.1 Å². The van der Waals surface area contributed by atoms with Crippen LogP contribution in [0, 0.1) is 5.82 Å². The maximum Gasteiger partial charge on any atom is 0.236 e. The minimum Gasteiger partial charge on any atom is -0.443 e. The zero-order chi connectivity index (χ0) is 16.1. The van der Waals surface area contributed by atoms with E-state index in [0.29, 0.717) is 31.0 Å². The minimum atomic E-state index is -0.286. The molecular formula is C17H15FN2O2S. The molecule has 2 heterocycles. The topological polar surface area (TPSA) is 55.1 Å². The number of hydrogen-bond donors (Lipinski definition) is 1. The van der Waals surface area contributed by atoms with E-state index in [1.54, 1.807) is 29.7 Å². The van der Waals surface area contributed by atoms with Crippen molar-refractivity contribution in [3.05, 3.63) is 65.1 Å². The first kappa shape index (κ1) is 15.4. The smallest absolute Gasteiger partial charge is 0.236 e. The molecule has 118 valence electrons. The van der Waals surface area contributed by atoms with E-state index in [-0.39, 0.29) is 11.7 Å². The van der Waals surface area contributed by atoms with Crippen molar-refractivity contribution in [2.45, 2.75) is 19.4 Å². The largest absolute Gasteiger partial charge is 0.443 e. The molecule has 1 amide bonds. The van der Waals surface area contributed by atoms with Crippen LogP contribution in [-0.4, -0.2) is 10.9 Å². The third kappa shape index (κ3) is 4.26. The number of carbonyl (C=O) groups excluding carboxylic acids is 1. The van der Waals surface area contributed by atoms with E-state index in [4.69, 9.17) is 4.42 Å². The SMILES string of the molecule is O=C(CCc1cccc(F)c1)NCc1coc(-c2cccs2)n1. The van der Waals surface area contributed by atoms with E-state index in [1.807, 2.05) is 17.5 Å². The fourth-order valence-electron chi connectivity index (χ4n) is 2.13. The number of rotatable bonds is 6. The normalized spacial score (nSPS) is 10.7. The van der Waals surface area contributed by atoms with Crippen LogP contribution in [0.4, 0.5) is 4.39 Å². The number of hydrogen-bond acceptors (Lipinski definition) is 4. The number of thiophene rings is 1. The summed E-state index contributed by atoms with van der Waals surface area (Å²) < 4.78 is 18.5. The van der Waals surface area contributed by atoms with Gasteiger partial charge in [0.25, 0.3) is 0 Å². The van der Waals surface area contributed by atoms with E-state index in [1.165, 1.54) is 12.1 Å². The fourth-order valence-corrected chi connectivity index (χ4v) is 2.78. The number of carbonyl (C=O) groups is 1. The number of nitrogens with one attached hydrogen (secondary N) is 1. The number of nitrogens with zero attached hydrogens (tertiary/aromatic N) is 1. The molecule has 0 unspecified atom stereocenters. The summed E-state index contributed by atoms with van der Waals surface area (Å²) in [7, 11) is 0. The summed E-state index contributed by atoms with van der Waals surface area (Å²) in [4.78, 5) is 17.1. The second-order valence-corrected chi connectivity index (χ2v) is 5.98. The molecule has 6 heteroatoms. The van der Waals surface area contributed by atoms with Gasteiger partial charge in [-0.05, 0) is 35.6 Å². The van der Waals surface area contributed by atoms with Gasteiger partial charge in [0, 0.05) is 6.42 Å². The van der Waals surface area contributed by atoms with Gasteiger partial charge in [-0.3, -0.25) is 4.79 Å². The molecule has 0 aliphatic rings. The average molecular weight is 330 g/mol. The van der Waals surface area contributed by atoms with Crippen LogP contribution in [0.5, 0.6) is 0 Å². The van der Waals surface area contributed by atoms with Crippen molar-refractivity contribution in [3.8, 4) is 10.8 Å². The summed E-state index contributed by atoms with van der Waals surface area (Å²) in [5.41, 5.74) is 1.48. The highest BCUT2D eigenvalue weighted by Gasteiger charge is 2.09. The Balaban J connectivity index is 1.47. The third-order valence-electron chi connectivity index (χ3n) is 3.28. The van der Waals surface area contributed by atoms with Gasteiger partial charge < -0.3 is 9.73 Å². The Morgan fingerprint density at radius 3 is 3.00 bits per heavy atom. The number of halogens is 1. The molecule has 0 radical (unpaired) electrons. The van der Waals surface area contributed by atoms with Gasteiger partial charge in [-0.1, -0.05) is 18.2 Å². The quantitative estimate of drug-likeness (QED) is 0.748. The van der Waals surface area contributed by atoms with Gasteiger partial charge in [-0.25, -0.2) is 9.37 Å². The lowest BCUT2D eigenvalue weighted by molar-refractivity contribution is -0.121. The first-order chi connectivity index (χ1) is 11.2. The molecule has 2 aromatic heterocycles. The average Bonchev–Trinajstić information content (AvgIpc) is 3.22. The predicted octanol–water partition coefficient (Wildman–Crippen LogP) is 3.79. The van der Waals surface area contributed by atoms with E-state index in [9.17, 15) is 9.18 Å². The number of amides is 1. The molecule has 0 aliphatic carbocycles. The number of benzene rings is 1. The van der Waals surface area contributed by atoms with Crippen LogP contribution in [0.1, 0.15) is 17.7 Å². The third-order valence-corrected chi connectivity index (χ3v) is 4.14. The van der Waals surface area contributed by atoms with Crippen LogP contribution in [0.15, 0.2) is 52.5 Å². The zero-order valence-corrected chi connectivity index (χ0v) is 13.1. The van der Waals surface area contributed by atoms with Crippen molar-refractivity contribution in [2.24, 2.45) is 0 Å². The first-order valence-electron chi connectivity index (χ1n) is 7.20. The van der Waals surface area contributed by atoms with Crippen molar-refractivity contribution < 1.29 is 13.6 Å². The fraction of sp³-hybridized carbons (Fsp3) is 0.176. The molecule has 0 atom stereocenters. The van der Waals surface area contributed by atoms with Gasteiger partial charge in [0.2, 0.25) is 11.8 Å². The highest BCUT2D eigenvalue weighted by Crippen LogP contribution is 2.23. The van der Waals surface area contributed by atoms with Gasteiger partial charge in [0.1, 0.15) is 12.1 Å². The second-order valence-electron chi connectivity index (χ2n) is 5.03. The minimum absolute atomic E-state index is 0.102. The maximum absolute atomic E-state index is 13.1. The number of aromatic nitrogens is 1. The molecule has 0 aliphatic heterocycles. The molecule has 0 saturated carbocycles. The van der Waals surface area contributed by atoms with Crippen LogP contribution in [0.25, 0.3) is 10.8 Å². The molecule has 1 aromatic carbocycles. The first-order valence-corrected chi connectivity index (χ1v) is 8.08. The van der Waals surface area contributed by atoms with Crippen molar-refractivity contribution in [1.82, 2.24) is 10.3 Å². The number of aryl methyl sites for hydroxylation is 1. The van der Waals surface area contributed by atoms with E-state index < -0.39 is 0 Å². The van der Waals surface area contributed by atoms with Gasteiger partial charge in [-0.15, -0.1) is 11.3 Å². The summed E-state index contributed by atoms with van der Waals surface area (Å²) in [6.07, 6.45) is 2.35. The van der Waals surface area contributed by atoms with Gasteiger partial charge >= 0.3 is 0 Å². The summed E-state index contributed by atoms with van der Waals surface area (Å²) in [6.45, 7) is 0.316. The van der Waals surface area contributed by atoms with E-state index in [0.717, 1.165) is 10.4 Å². The molecule has 3 rings (SSSR count). The molecule has 4 nitrogen and oxygen atoms in total. The Morgan fingerprint density at radius 2 is 2.22 bits per heavy atom. The summed E-state index contributed by atoms with van der Waals surface area (Å²) in [5.74, 6) is 0.172. The van der Waals surface area contributed by atoms with E-state index >= 15 is 0 Å². The molecule has 0 saturated heterocycles. The Kier molecular flexibility index (Phi) is 4.83. The predicted molar refractivity (Wildman–Crippen MR) is 86.4 cm³/mol. The standard InChI is InChI=1S/C17H15FN2O2S/c18-13-4-1-3-12(9-13)6-7-16(21)19-10-14-11-22-17(20-14)15-5-2-8-23-15/h1-5,8-9,11H,6-7,10H2,(H,19,21). The van der Waals surface area contributed by atoms with Crippen LogP contribution in [0.3, 0.4) is 0 Å². The highest BCUT2D eigenvalue weighted by molar-refractivity contribution is 7.13. The van der Waals surface area contributed by atoms with Crippen molar-refractivity contribution in [2.75, 3.05) is 0 Å². The summed E-state index contributed by atoms with van der Waals surface area (Å²) in [6, 6.07) is 10.1. The summed E-state index contributed by atoms with van der Waals surface area (Å²) >= 11 is 1.55. The Hall–Kier alpha value is -2.47. The molecule has 0 bridgehead atoms. The van der Waals surface area contributed by atoms with E-state index in [2.05, 4.69) is 10.3 Å². The van der Waals surface area contributed by atoms with Crippen molar-refractivity contribution in [1.29, 1.82) is 0 Å². The van der Waals surface area contributed by atoms with Crippen LogP contribution in [-0.2, 0) is 17.8 Å². The van der Waals surface area contributed by atoms with Gasteiger partial charge in [0.15, 0.2) is 0 Å². The number of oxazole rings is 1. The molecular weight excluding hydrogens is 315 g/mol. The molecule has 0 spiro atoms. The van der Waals surface area contributed by atoms with Crippen molar-refractivity contribution in [3.63, 3.8) is 0 Å². The summed E-state index contributed by atoms with van der Waals surface area (Å²) in [5, 5.41) is 4.74. The molecule has 23 heavy (non-hydrogen) atoms. The second kappa shape index (κ2) is 7.19. The Labute approximate surface area is 137 Å². The van der Waals surface area contributed by atoms with Crippen LogP contribution < -0.4 is 5.32 Å². The zero-order valence-electron chi connectivity index (χ0n) is 12.3. The molecule has 3 aromatic rings.